The van der Waals surface area contributed by atoms with Gasteiger partial charge in [-0.1, -0.05) is 72.3 Å². The van der Waals surface area contributed by atoms with E-state index in [4.69, 9.17) is 11.6 Å². The second kappa shape index (κ2) is 9.29. The number of nitrogens with zero attached hydrogens (tertiary/aromatic N) is 4. The van der Waals surface area contributed by atoms with Gasteiger partial charge in [-0.15, -0.1) is 0 Å². The Morgan fingerprint density at radius 1 is 0.804 bits per heavy atom. The van der Waals surface area contributed by atoms with Crippen molar-refractivity contribution in [3.63, 3.8) is 0 Å². The molecule has 11 rings (SSSR count). The maximum Gasteiger partial charge on any atom is 0.294 e. The van der Waals surface area contributed by atoms with Crippen molar-refractivity contribution < 1.29 is 24.1 Å². The summed E-state index contributed by atoms with van der Waals surface area (Å²) in [4.78, 5) is 69.0. The molecule has 0 unspecified atom stereocenters. The predicted octanol–water partition coefficient (Wildman–Crippen LogP) is 4.98. The molecule has 6 atom stereocenters. The zero-order valence-electron chi connectivity index (χ0n) is 24.2. The van der Waals surface area contributed by atoms with Crippen LogP contribution in [0.2, 0.25) is 5.02 Å². The van der Waals surface area contributed by atoms with Crippen molar-refractivity contribution in [1.29, 1.82) is 0 Å². The summed E-state index contributed by atoms with van der Waals surface area (Å²) in [5.74, 6) is -5.28. The third-order valence-electron chi connectivity index (χ3n) is 11.2. The summed E-state index contributed by atoms with van der Waals surface area (Å²) in [6, 6.07) is 18.9. The topological polar surface area (TPSA) is 130 Å². The minimum Gasteiger partial charge on any atom is -0.274 e. The lowest BCUT2D eigenvalue weighted by atomic mass is 9.47. The predicted molar refractivity (Wildman–Crippen MR) is 166 cm³/mol. The average Bonchev–Trinajstić information content (AvgIpc) is 3.50. The van der Waals surface area contributed by atoms with Gasteiger partial charge in [0.15, 0.2) is 0 Å². The molecule has 6 aliphatic carbocycles. The zero-order chi connectivity index (χ0) is 31.6. The Bertz CT molecular complexity index is 1940. The van der Waals surface area contributed by atoms with E-state index >= 15 is 0 Å². The zero-order valence-corrected chi connectivity index (χ0v) is 24.9. The lowest BCUT2D eigenvalue weighted by Gasteiger charge is -2.52. The van der Waals surface area contributed by atoms with Crippen molar-refractivity contribution in [2.75, 3.05) is 4.90 Å². The molecule has 0 spiro atoms. The van der Waals surface area contributed by atoms with E-state index in [1.807, 2.05) is 60.7 Å². The Morgan fingerprint density at radius 2 is 1.39 bits per heavy atom. The van der Waals surface area contributed by atoms with Crippen LogP contribution in [-0.2, 0) is 24.6 Å². The van der Waals surface area contributed by atoms with Crippen molar-refractivity contribution >= 4 is 52.8 Å². The number of carbonyl (C=O) groups excluding carboxylic acids is 4. The van der Waals surface area contributed by atoms with Crippen molar-refractivity contribution in [3.05, 3.63) is 116 Å². The van der Waals surface area contributed by atoms with Gasteiger partial charge in [-0.3, -0.25) is 29.3 Å². The number of rotatable bonds is 4. The molecular formula is C35H25ClN4O6. The highest BCUT2D eigenvalue weighted by Gasteiger charge is 2.68. The summed E-state index contributed by atoms with van der Waals surface area (Å²) in [6.07, 6.45) is 7.29. The van der Waals surface area contributed by atoms with Gasteiger partial charge in [0.2, 0.25) is 11.8 Å². The Morgan fingerprint density at radius 3 is 1.96 bits per heavy atom. The quantitative estimate of drug-likeness (QED) is 0.131. The smallest absolute Gasteiger partial charge is 0.274 e. The van der Waals surface area contributed by atoms with E-state index in [1.165, 1.54) is 18.3 Å². The van der Waals surface area contributed by atoms with Crippen molar-refractivity contribution in [2.45, 2.75) is 24.2 Å². The highest BCUT2D eigenvalue weighted by atomic mass is 35.5. The number of hydrazone groups is 1. The van der Waals surface area contributed by atoms with Crippen LogP contribution in [0.15, 0.2) is 84.0 Å². The van der Waals surface area contributed by atoms with Crippen LogP contribution in [0.1, 0.15) is 41.0 Å². The molecule has 10 nitrogen and oxygen atoms in total. The minimum absolute atomic E-state index is 0.0153. The highest BCUT2D eigenvalue weighted by molar-refractivity contribution is 6.31. The summed E-state index contributed by atoms with van der Waals surface area (Å²) in [6.45, 7) is 0. The molecule has 3 aromatic rings. The van der Waals surface area contributed by atoms with Gasteiger partial charge in [-0.25, -0.2) is 4.90 Å². The van der Waals surface area contributed by atoms with E-state index in [0.717, 1.165) is 51.1 Å². The normalized spacial score (nSPS) is 33.1. The molecule has 3 aromatic carbocycles. The van der Waals surface area contributed by atoms with Crippen LogP contribution in [0.4, 0.5) is 11.4 Å². The molecule has 1 saturated carbocycles. The second-order valence-corrected chi connectivity index (χ2v) is 13.4. The molecule has 2 saturated heterocycles. The molecule has 46 heavy (non-hydrogen) atoms. The van der Waals surface area contributed by atoms with Crippen molar-refractivity contribution in [2.24, 2.45) is 40.6 Å². The molecule has 0 N–H and O–H groups in total. The number of carbonyl (C=O) groups is 4. The van der Waals surface area contributed by atoms with Crippen LogP contribution in [0.5, 0.6) is 0 Å². The number of hydrogen-bond donors (Lipinski definition) is 0. The molecule has 228 valence electrons. The van der Waals surface area contributed by atoms with Gasteiger partial charge >= 0.3 is 0 Å². The molecular weight excluding hydrogens is 608 g/mol. The van der Waals surface area contributed by atoms with Gasteiger partial charge in [0, 0.05) is 23.2 Å². The second-order valence-electron chi connectivity index (χ2n) is 13.0. The molecule has 3 fully saturated rings. The largest absolute Gasteiger partial charge is 0.294 e. The van der Waals surface area contributed by atoms with E-state index in [-0.39, 0.29) is 34.4 Å². The monoisotopic (exact) mass is 632 g/mol. The lowest BCUT2D eigenvalue weighted by Crippen LogP contribution is -2.55. The minimum atomic E-state index is -1.35. The van der Waals surface area contributed by atoms with E-state index < -0.39 is 57.4 Å². The van der Waals surface area contributed by atoms with E-state index in [0.29, 0.717) is 0 Å². The van der Waals surface area contributed by atoms with Crippen LogP contribution < -0.4 is 4.90 Å². The number of imide groups is 2. The fourth-order valence-corrected chi connectivity index (χ4v) is 9.61. The maximum absolute atomic E-state index is 14.7. The summed E-state index contributed by atoms with van der Waals surface area (Å²) in [7, 11) is 0. The number of allylic oxidation sites excluding steroid dienone is 2. The summed E-state index contributed by atoms with van der Waals surface area (Å²) >= 11 is 6.08. The summed E-state index contributed by atoms with van der Waals surface area (Å²) < 4.78 is 0. The lowest BCUT2D eigenvalue weighted by molar-refractivity contribution is -0.384. The van der Waals surface area contributed by atoms with Crippen molar-refractivity contribution in [3.8, 4) is 0 Å². The Hall–Kier alpha value is -4.96. The van der Waals surface area contributed by atoms with E-state index in [1.54, 1.807) is 0 Å². The number of nitro benzene ring substituents is 1. The standard InChI is InChI=1S/C35H25ClN4O6/c36-19-13-14-24(25(15-19)40(45)46)38-31(41)29-28-20-5-1-3-7-22(20)35(30(29)34(38)44,23-8-4-2-6-21(23)28)16-37-39-32(42)26-17-9-10-18(12-11-17)27(26)33(39)43/h1-10,13-18,26-30H,11-12H2/b37-16-/t17-,18-,26-,27+,28?,29+,30+,35?/m0/s1. The number of halogens is 1. The molecule has 2 aliphatic heterocycles. The van der Waals surface area contributed by atoms with Crippen LogP contribution in [0, 0.1) is 45.6 Å². The number of amides is 4. The molecule has 0 aromatic heterocycles. The van der Waals surface area contributed by atoms with Gasteiger partial charge in [0.05, 0.1) is 34.0 Å². The van der Waals surface area contributed by atoms with Gasteiger partial charge in [0.25, 0.3) is 17.5 Å². The van der Waals surface area contributed by atoms with E-state index in [2.05, 4.69) is 5.10 Å². The number of benzene rings is 3. The summed E-state index contributed by atoms with van der Waals surface area (Å²) in [5, 5.41) is 17.8. The van der Waals surface area contributed by atoms with Crippen molar-refractivity contribution in [1.82, 2.24) is 5.01 Å². The number of nitro groups is 1. The number of fused-ring (bicyclic) bond motifs is 1. The van der Waals surface area contributed by atoms with Gasteiger partial charge in [-0.2, -0.15) is 10.1 Å². The molecule has 0 radical (unpaired) electrons. The van der Waals surface area contributed by atoms with Crippen LogP contribution in [0.3, 0.4) is 0 Å². The number of anilines is 1. The third kappa shape index (κ3) is 3.24. The average molecular weight is 633 g/mol. The first kappa shape index (κ1) is 27.4. The number of hydrogen-bond acceptors (Lipinski definition) is 7. The molecule has 11 heteroatoms. The van der Waals surface area contributed by atoms with Gasteiger partial charge < -0.3 is 0 Å². The first-order chi connectivity index (χ1) is 22.2. The first-order valence-electron chi connectivity index (χ1n) is 15.4. The van der Waals surface area contributed by atoms with Crippen LogP contribution in [0.25, 0.3) is 0 Å². The maximum atomic E-state index is 14.7. The third-order valence-corrected chi connectivity index (χ3v) is 11.4. The molecule has 8 aliphatic rings. The molecule has 4 bridgehead atoms. The Balaban J connectivity index is 1.24. The van der Waals surface area contributed by atoms with Gasteiger partial charge in [-0.05, 0) is 59.1 Å². The highest BCUT2D eigenvalue weighted by Crippen LogP contribution is 2.64. The molecule has 2 heterocycles. The van der Waals surface area contributed by atoms with Crippen LogP contribution in [-0.4, -0.2) is 39.8 Å². The van der Waals surface area contributed by atoms with E-state index in [9.17, 15) is 29.3 Å². The summed E-state index contributed by atoms with van der Waals surface area (Å²) in [5.41, 5.74) is 1.19. The Labute approximate surface area is 267 Å². The fourth-order valence-electron chi connectivity index (χ4n) is 9.44. The van der Waals surface area contributed by atoms with Crippen LogP contribution >= 0.6 is 11.6 Å². The fraction of sp³-hybridized carbons (Fsp3) is 0.286. The molecule has 4 amide bonds. The Kier molecular flexibility index (Phi) is 5.53. The van der Waals surface area contributed by atoms with Gasteiger partial charge in [0.1, 0.15) is 5.69 Å². The SMILES string of the molecule is O=C1[C@@H]2[C@H](C(=O)N1/N=C\C13c4ccccc4C(c4ccccc41)[C@H]1C(=O)N(c4ccc(Cl)cc4[N+](=O)[O-])C(=O)[C@@H]13)[C@H]1C=C[C@H]2CC1. The first-order valence-corrected chi connectivity index (χ1v) is 15.7.